The highest BCUT2D eigenvalue weighted by atomic mass is 19.1. The van der Waals surface area contributed by atoms with E-state index in [0.717, 1.165) is 31.7 Å². The van der Waals surface area contributed by atoms with E-state index in [1.165, 1.54) is 12.0 Å². The number of nitrogens with zero attached hydrogens (tertiary/aromatic N) is 1. The molecule has 0 aliphatic carbocycles. The lowest BCUT2D eigenvalue weighted by atomic mass is 9.96. The molecule has 0 saturated carbocycles. The standard InChI is InChI=1S/C14H19FN2/c1-10-6-13(9-16-8-10)17-5-4-11-2-3-12(15)7-14(11)17/h2-3,7,10,13,16H,4-6,8-9H2,1H3. The minimum absolute atomic E-state index is 0.118. The number of halogens is 1. The van der Waals surface area contributed by atoms with Crippen molar-refractivity contribution >= 4 is 5.69 Å². The summed E-state index contributed by atoms with van der Waals surface area (Å²) < 4.78 is 13.3. The molecule has 1 aromatic carbocycles. The average molecular weight is 234 g/mol. The monoisotopic (exact) mass is 234 g/mol. The zero-order chi connectivity index (χ0) is 11.8. The maximum atomic E-state index is 13.3. The Morgan fingerprint density at radius 3 is 3.06 bits per heavy atom. The quantitative estimate of drug-likeness (QED) is 0.801. The third-order valence-corrected chi connectivity index (χ3v) is 3.97. The van der Waals surface area contributed by atoms with Crippen LogP contribution in [0.5, 0.6) is 0 Å². The Kier molecular flexibility index (Phi) is 2.79. The van der Waals surface area contributed by atoms with Crippen molar-refractivity contribution in [3.8, 4) is 0 Å². The minimum atomic E-state index is -0.118. The van der Waals surface area contributed by atoms with Crippen molar-refractivity contribution in [2.45, 2.75) is 25.8 Å². The molecule has 1 fully saturated rings. The van der Waals surface area contributed by atoms with Crippen LogP contribution in [0.4, 0.5) is 10.1 Å². The van der Waals surface area contributed by atoms with Gasteiger partial charge in [0.1, 0.15) is 5.82 Å². The zero-order valence-electron chi connectivity index (χ0n) is 10.2. The van der Waals surface area contributed by atoms with Gasteiger partial charge in [-0.15, -0.1) is 0 Å². The van der Waals surface area contributed by atoms with Crippen molar-refractivity contribution in [2.24, 2.45) is 5.92 Å². The molecule has 1 saturated heterocycles. The van der Waals surface area contributed by atoms with Crippen LogP contribution in [0, 0.1) is 11.7 Å². The van der Waals surface area contributed by atoms with Crippen LogP contribution < -0.4 is 10.2 Å². The summed E-state index contributed by atoms with van der Waals surface area (Å²) in [5.41, 5.74) is 2.41. The van der Waals surface area contributed by atoms with Crippen molar-refractivity contribution in [1.29, 1.82) is 0 Å². The second kappa shape index (κ2) is 4.30. The van der Waals surface area contributed by atoms with Crippen molar-refractivity contribution in [1.82, 2.24) is 5.32 Å². The van der Waals surface area contributed by atoms with Gasteiger partial charge in [0.2, 0.25) is 0 Å². The van der Waals surface area contributed by atoms with Crippen molar-refractivity contribution in [3.05, 3.63) is 29.6 Å². The molecule has 2 unspecified atom stereocenters. The second-order valence-electron chi connectivity index (χ2n) is 5.37. The number of nitrogens with one attached hydrogen (secondary N) is 1. The van der Waals surface area contributed by atoms with Crippen LogP contribution in [0.15, 0.2) is 18.2 Å². The molecule has 0 amide bonds. The molecule has 1 aromatic rings. The maximum Gasteiger partial charge on any atom is 0.125 e. The lowest BCUT2D eigenvalue weighted by Gasteiger charge is -2.36. The SMILES string of the molecule is CC1CNCC(N2CCc3ccc(F)cc32)C1. The number of hydrogen-bond acceptors (Lipinski definition) is 2. The van der Waals surface area contributed by atoms with Gasteiger partial charge in [-0.25, -0.2) is 4.39 Å². The van der Waals surface area contributed by atoms with Gasteiger partial charge in [-0.05, 0) is 43.0 Å². The van der Waals surface area contributed by atoms with Gasteiger partial charge in [0, 0.05) is 24.8 Å². The van der Waals surface area contributed by atoms with Gasteiger partial charge in [0.25, 0.3) is 0 Å². The lowest BCUT2D eigenvalue weighted by Crippen LogP contribution is -2.48. The molecule has 3 heteroatoms. The Balaban J connectivity index is 1.84. The highest BCUT2D eigenvalue weighted by Crippen LogP contribution is 2.32. The number of piperidine rings is 1. The summed E-state index contributed by atoms with van der Waals surface area (Å²) in [4.78, 5) is 2.39. The van der Waals surface area contributed by atoms with Gasteiger partial charge in [-0.2, -0.15) is 0 Å². The predicted molar refractivity (Wildman–Crippen MR) is 67.9 cm³/mol. The van der Waals surface area contributed by atoms with E-state index in [4.69, 9.17) is 0 Å². The summed E-state index contributed by atoms with van der Waals surface area (Å²) >= 11 is 0. The molecule has 0 aromatic heterocycles. The van der Waals surface area contributed by atoms with Gasteiger partial charge in [0.15, 0.2) is 0 Å². The largest absolute Gasteiger partial charge is 0.367 e. The van der Waals surface area contributed by atoms with Crippen LogP contribution in [0.1, 0.15) is 18.9 Å². The Labute approximate surface area is 102 Å². The van der Waals surface area contributed by atoms with Gasteiger partial charge in [-0.3, -0.25) is 0 Å². The summed E-state index contributed by atoms with van der Waals surface area (Å²) in [6.07, 6.45) is 2.27. The Bertz CT molecular complexity index is 419. The van der Waals surface area contributed by atoms with E-state index in [0.29, 0.717) is 12.0 Å². The van der Waals surface area contributed by atoms with Crippen molar-refractivity contribution < 1.29 is 4.39 Å². The third-order valence-electron chi connectivity index (χ3n) is 3.97. The zero-order valence-corrected chi connectivity index (χ0v) is 10.2. The molecule has 92 valence electrons. The van der Waals surface area contributed by atoms with Gasteiger partial charge >= 0.3 is 0 Å². The summed E-state index contributed by atoms with van der Waals surface area (Å²) in [6, 6.07) is 5.73. The Morgan fingerprint density at radius 1 is 1.35 bits per heavy atom. The summed E-state index contributed by atoms with van der Waals surface area (Å²) in [5.74, 6) is 0.596. The fourth-order valence-corrected chi connectivity index (χ4v) is 3.12. The number of benzene rings is 1. The smallest absolute Gasteiger partial charge is 0.125 e. The first kappa shape index (κ1) is 11.0. The average Bonchev–Trinajstić information content (AvgIpc) is 2.71. The molecule has 0 spiro atoms. The highest BCUT2D eigenvalue weighted by Gasteiger charge is 2.29. The molecule has 2 nitrogen and oxygen atoms in total. The highest BCUT2D eigenvalue weighted by molar-refractivity contribution is 5.59. The van der Waals surface area contributed by atoms with E-state index in [2.05, 4.69) is 17.1 Å². The fraction of sp³-hybridized carbons (Fsp3) is 0.571. The van der Waals surface area contributed by atoms with E-state index in [-0.39, 0.29) is 5.82 Å². The second-order valence-corrected chi connectivity index (χ2v) is 5.37. The Morgan fingerprint density at radius 2 is 2.24 bits per heavy atom. The third kappa shape index (κ3) is 2.04. The summed E-state index contributed by atoms with van der Waals surface area (Å²) in [5, 5.41) is 3.47. The normalized spacial score (nSPS) is 28.2. The van der Waals surface area contributed by atoms with E-state index >= 15 is 0 Å². The lowest BCUT2D eigenvalue weighted by molar-refractivity contribution is 0.351. The topological polar surface area (TPSA) is 15.3 Å². The van der Waals surface area contributed by atoms with E-state index in [9.17, 15) is 4.39 Å². The first-order valence-corrected chi connectivity index (χ1v) is 6.50. The molecule has 0 radical (unpaired) electrons. The maximum absolute atomic E-state index is 13.3. The van der Waals surface area contributed by atoms with Crippen LogP contribution in [0.25, 0.3) is 0 Å². The molecule has 1 N–H and O–H groups in total. The molecule has 3 rings (SSSR count). The molecule has 2 heterocycles. The first-order chi connectivity index (χ1) is 8.24. The minimum Gasteiger partial charge on any atom is -0.367 e. The molecule has 2 aliphatic rings. The van der Waals surface area contributed by atoms with Crippen LogP contribution >= 0.6 is 0 Å². The van der Waals surface area contributed by atoms with Crippen molar-refractivity contribution in [3.63, 3.8) is 0 Å². The van der Waals surface area contributed by atoms with Crippen LogP contribution in [-0.4, -0.2) is 25.7 Å². The van der Waals surface area contributed by atoms with Crippen LogP contribution in [0.3, 0.4) is 0 Å². The summed E-state index contributed by atoms with van der Waals surface area (Å²) in [6.45, 7) is 5.46. The first-order valence-electron chi connectivity index (χ1n) is 6.50. The van der Waals surface area contributed by atoms with Gasteiger partial charge in [-0.1, -0.05) is 13.0 Å². The van der Waals surface area contributed by atoms with E-state index in [1.807, 2.05) is 6.07 Å². The molecule has 2 aliphatic heterocycles. The van der Waals surface area contributed by atoms with E-state index in [1.54, 1.807) is 12.1 Å². The van der Waals surface area contributed by atoms with E-state index < -0.39 is 0 Å². The molecular formula is C14H19FN2. The molecule has 17 heavy (non-hydrogen) atoms. The number of rotatable bonds is 1. The number of hydrogen-bond donors (Lipinski definition) is 1. The van der Waals surface area contributed by atoms with Gasteiger partial charge in [0.05, 0.1) is 0 Å². The predicted octanol–water partition coefficient (Wildman–Crippen LogP) is 2.19. The molecule has 0 bridgehead atoms. The molecular weight excluding hydrogens is 215 g/mol. The van der Waals surface area contributed by atoms with Crippen LogP contribution in [0.2, 0.25) is 0 Å². The number of fused-ring (bicyclic) bond motifs is 1. The summed E-state index contributed by atoms with van der Waals surface area (Å²) in [7, 11) is 0. The Hall–Kier alpha value is -1.09. The van der Waals surface area contributed by atoms with Gasteiger partial charge < -0.3 is 10.2 Å². The van der Waals surface area contributed by atoms with Crippen molar-refractivity contribution in [2.75, 3.05) is 24.5 Å². The fourth-order valence-electron chi connectivity index (χ4n) is 3.12. The van der Waals surface area contributed by atoms with Crippen LogP contribution in [-0.2, 0) is 6.42 Å². The number of anilines is 1. The molecule has 2 atom stereocenters.